The van der Waals surface area contributed by atoms with Gasteiger partial charge in [-0.2, -0.15) is 0 Å². The van der Waals surface area contributed by atoms with Gasteiger partial charge in [0.25, 0.3) is 0 Å². The van der Waals surface area contributed by atoms with Crippen LogP contribution in [0.1, 0.15) is 18.1 Å². The van der Waals surface area contributed by atoms with Crippen LogP contribution in [-0.2, 0) is 17.6 Å². The highest BCUT2D eigenvalue weighted by atomic mass is 35.5. The van der Waals surface area contributed by atoms with E-state index in [0.29, 0.717) is 10.8 Å². The van der Waals surface area contributed by atoms with Gasteiger partial charge in [-0.3, -0.25) is 4.79 Å². The first-order valence-corrected chi connectivity index (χ1v) is 7.55. The van der Waals surface area contributed by atoms with Gasteiger partial charge in [0.15, 0.2) is 0 Å². The highest BCUT2D eigenvalue weighted by Gasteiger charge is 2.23. The first-order chi connectivity index (χ1) is 9.60. The molecule has 2 aromatic rings. The van der Waals surface area contributed by atoms with Crippen molar-refractivity contribution in [1.29, 1.82) is 0 Å². The maximum absolute atomic E-state index is 11.2. The zero-order valence-corrected chi connectivity index (χ0v) is 12.8. The summed E-state index contributed by atoms with van der Waals surface area (Å²) in [6.07, 6.45) is 1.83. The lowest BCUT2D eigenvalue weighted by Crippen LogP contribution is -2.04. The number of benzene rings is 1. The molecular formula is C15H14ClNO2S. The predicted octanol–water partition coefficient (Wildman–Crippen LogP) is 4.13. The van der Waals surface area contributed by atoms with E-state index in [-0.39, 0.29) is 5.91 Å². The van der Waals surface area contributed by atoms with Gasteiger partial charge in [-0.15, -0.1) is 11.3 Å². The van der Waals surface area contributed by atoms with Crippen molar-refractivity contribution in [3.8, 4) is 16.2 Å². The Labute approximate surface area is 126 Å². The number of aryl methyl sites for hydroxylation is 1. The molecule has 0 fully saturated rings. The highest BCUT2D eigenvalue weighted by Crippen LogP contribution is 2.45. The normalized spacial score (nSPS) is 12.6. The molecule has 3 rings (SSSR count). The molecule has 1 heterocycles. The summed E-state index contributed by atoms with van der Waals surface area (Å²) in [5, 5.41) is 4.44. The number of rotatable bonds is 2. The standard InChI is InChI=1S/C15H14ClNO2S/c1-8(18)17-13-7-9-3-4-10-11(15(9)20-13)5-6-12(19-2)14(10)16/h5-7H,3-4H2,1-2H3,(H,17,18). The van der Waals surface area contributed by atoms with Crippen LogP contribution in [0.2, 0.25) is 5.02 Å². The molecule has 1 aromatic carbocycles. The largest absolute Gasteiger partial charge is 0.495 e. The molecule has 0 bridgehead atoms. The number of carbonyl (C=O) groups excluding carboxylic acids is 1. The maximum Gasteiger partial charge on any atom is 0.221 e. The molecule has 0 saturated carbocycles. The topological polar surface area (TPSA) is 38.3 Å². The van der Waals surface area contributed by atoms with Crippen LogP contribution in [0.4, 0.5) is 5.00 Å². The molecule has 1 aliphatic carbocycles. The van der Waals surface area contributed by atoms with Gasteiger partial charge in [0.2, 0.25) is 5.91 Å². The molecule has 1 N–H and O–H groups in total. The van der Waals surface area contributed by atoms with Gasteiger partial charge in [-0.25, -0.2) is 0 Å². The number of hydrogen-bond donors (Lipinski definition) is 1. The van der Waals surface area contributed by atoms with Crippen molar-refractivity contribution < 1.29 is 9.53 Å². The van der Waals surface area contributed by atoms with Crippen molar-refractivity contribution in [2.45, 2.75) is 19.8 Å². The monoisotopic (exact) mass is 307 g/mol. The van der Waals surface area contributed by atoms with Crippen molar-refractivity contribution >= 4 is 33.8 Å². The van der Waals surface area contributed by atoms with Crippen LogP contribution in [0, 0.1) is 0 Å². The molecule has 0 saturated heterocycles. The molecule has 0 aliphatic heterocycles. The lowest BCUT2D eigenvalue weighted by atomic mass is 9.91. The van der Waals surface area contributed by atoms with Gasteiger partial charge in [-0.05, 0) is 47.7 Å². The van der Waals surface area contributed by atoms with Gasteiger partial charge in [0.05, 0.1) is 17.1 Å². The van der Waals surface area contributed by atoms with Gasteiger partial charge in [0.1, 0.15) is 5.75 Å². The lowest BCUT2D eigenvalue weighted by Gasteiger charge is -2.18. The maximum atomic E-state index is 11.2. The summed E-state index contributed by atoms with van der Waals surface area (Å²) in [6, 6.07) is 6.00. The van der Waals surface area contributed by atoms with Crippen molar-refractivity contribution in [3.05, 3.63) is 34.3 Å². The van der Waals surface area contributed by atoms with E-state index in [9.17, 15) is 4.79 Å². The fourth-order valence-corrected chi connectivity index (χ4v) is 4.10. The van der Waals surface area contributed by atoms with Crippen LogP contribution in [0.3, 0.4) is 0 Å². The molecule has 0 spiro atoms. The van der Waals surface area contributed by atoms with Crippen molar-refractivity contribution in [2.24, 2.45) is 0 Å². The number of amides is 1. The lowest BCUT2D eigenvalue weighted by molar-refractivity contribution is -0.114. The number of methoxy groups -OCH3 is 1. The number of hydrogen-bond acceptors (Lipinski definition) is 3. The second-order valence-corrected chi connectivity index (χ2v) is 6.18. The minimum Gasteiger partial charge on any atom is -0.495 e. The van der Waals surface area contributed by atoms with Crippen LogP contribution in [0.5, 0.6) is 5.75 Å². The van der Waals surface area contributed by atoms with Gasteiger partial charge in [0, 0.05) is 11.8 Å². The molecule has 5 heteroatoms. The van der Waals surface area contributed by atoms with Crippen LogP contribution in [0.25, 0.3) is 10.4 Å². The van der Waals surface area contributed by atoms with Gasteiger partial charge in [-0.1, -0.05) is 11.6 Å². The Kier molecular flexibility index (Phi) is 3.44. The van der Waals surface area contributed by atoms with Crippen molar-refractivity contribution in [1.82, 2.24) is 0 Å². The van der Waals surface area contributed by atoms with Gasteiger partial charge < -0.3 is 10.1 Å². The summed E-state index contributed by atoms with van der Waals surface area (Å²) in [4.78, 5) is 12.4. The van der Waals surface area contributed by atoms with E-state index in [2.05, 4.69) is 11.4 Å². The van der Waals surface area contributed by atoms with E-state index in [1.165, 1.54) is 17.4 Å². The molecule has 3 nitrogen and oxygen atoms in total. The third-order valence-electron chi connectivity index (χ3n) is 3.42. The third-order valence-corrected chi connectivity index (χ3v) is 4.97. The molecule has 0 radical (unpaired) electrons. The number of carbonyl (C=O) groups is 1. The van der Waals surface area contributed by atoms with E-state index >= 15 is 0 Å². The average Bonchev–Trinajstić information content (AvgIpc) is 2.80. The molecule has 1 amide bonds. The number of ether oxygens (including phenoxy) is 1. The van der Waals surface area contributed by atoms with Crippen molar-refractivity contribution in [3.63, 3.8) is 0 Å². The number of fused-ring (bicyclic) bond motifs is 3. The van der Waals surface area contributed by atoms with E-state index in [1.807, 2.05) is 12.1 Å². The Morgan fingerprint density at radius 3 is 2.90 bits per heavy atom. The minimum atomic E-state index is -0.0448. The summed E-state index contributed by atoms with van der Waals surface area (Å²) in [7, 11) is 1.63. The van der Waals surface area contributed by atoms with Gasteiger partial charge >= 0.3 is 0 Å². The molecule has 0 atom stereocenters. The van der Waals surface area contributed by atoms with Crippen LogP contribution < -0.4 is 10.1 Å². The zero-order chi connectivity index (χ0) is 14.3. The summed E-state index contributed by atoms with van der Waals surface area (Å²) in [6.45, 7) is 1.52. The Morgan fingerprint density at radius 1 is 1.40 bits per heavy atom. The third kappa shape index (κ3) is 2.19. The van der Waals surface area contributed by atoms with Crippen LogP contribution >= 0.6 is 22.9 Å². The van der Waals surface area contributed by atoms with Crippen LogP contribution in [-0.4, -0.2) is 13.0 Å². The Morgan fingerprint density at radius 2 is 2.20 bits per heavy atom. The SMILES string of the molecule is COc1ccc2c(c1Cl)CCc1cc(NC(C)=O)sc1-2. The predicted molar refractivity (Wildman–Crippen MR) is 83.0 cm³/mol. The molecule has 20 heavy (non-hydrogen) atoms. The smallest absolute Gasteiger partial charge is 0.221 e. The van der Waals surface area contributed by atoms with Crippen LogP contribution in [0.15, 0.2) is 18.2 Å². The second-order valence-electron chi connectivity index (χ2n) is 4.75. The molecular weight excluding hydrogens is 294 g/mol. The molecule has 1 aromatic heterocycles. The summed E-state index contributed by atoms with van der Waals surface area (Å²) in [5.74, 6) is 0.670. The number of anilines is 1. The minimum absolute atomic E-state index is 0.0448. The van der Waals surface area contributed by atoms with E-state index < -0.39 is 0 Å². The second kappa shape index (κ2) is 5.11. The zero-order valence-electron chi connectivity index (χ0n) is 11.2. The fourth-order valence-electron chi connectivity index (χ4n) is 2.55. The summed E-state index contributed by atoms with van der Waals surface area (Å²) >= 11 is 7.99. The summed E-state index contributed by atoms with van der Waals surface area (Å²) in [5.41, 5.74) is 3.56. The Hall–Kier alpha value is -1.52. The number of nitrogens with one attached hydrogen (secondary N) is 1. The average molecular weight is 308 g/mol. The molecule has 1 aliphatic rings. The quantitative estimate of drug-likeness (QED) is 0.905. The number of halogens is 1. The van der Waals surface area contributed by atoms with E-state index in [4.69, 9.17) is 16.3 Å². The first kappa shape index (κ1) is 13.5. The number of thiophene rings is 1. The Bertz CT molecular complexity index is 693. The molecule has 104 valence electrons. The fraction of sp³-hybridized carbons (Fsp3) is 0.267. The Balaban J connectivity index is 2.09. The molecule has 0 unspecified atom stereocenters. The van der Waals surface area contributed by atoms with E-state index in [0.717, 1.165) is 29.0 Å². The highest BCUT2D eigenvalue weighted by molar-refractivity contribution is 7.19. The van der Waals surface area contributed by atoms with Crippen molar-refractivity contribution in [2.75, 3.05) is 12.4 Å². The summed E-state index contributed by atoms with van der Waals surface area (Å²) < 4.78 is 5.27. The van der Waals surface area contributed by atoms with E-state index in [1.54, 1.807) is 18.4 Å². The first-order valence-electron chi connectivity index (χ1n) is 6.36.